The van der Waals surface area contributed by atoms with Crippen molar-refractivity contribution in [1.29, 1.82) is 0 Å². The van der Waals surface area contributed by atoms with E-state index < -0.39 is 7.81 Å². The van der Waals surface area contributed by atoms with Gasteiger partial charge in [0.1, 0.15) is 0 Å². The maximum absolute atomic E-state index is 10.7. The van der Waals surface area contributed by atoms with Gasteiger partial charge in [-0.2, -0.15) is 0 Å². The molecule has 2 aliphatic carbocycles. The van der Waals surface area contributed by atoms with Crippen LogP contribution in [-0.4, -0.2) is 0 Å². The fourth-order valence-electron chi connectivity index (χ4n) is 2.84. The molecule has 1 unspecified atom stereocenters. The van der Waals surface area contributed by atoms with Crippen LogP contribution in [-0.2, 0) is 16.8 Å². The van der Waals surface area contributed by atoms with E-state index in [9.17, 15) is 25.2 Å². The molecule has 0 nitrogen and oxygen atoms in total. The van der Waals surface area contributed by atoms with Gasteiger partial charge in [-0.05, 0) is 80.0 Å². The van der Waals surface area contributed by atoms with Crippen LogP contribution in [0.1, 0.15) is 67.7 Å². The van der Waals surface area contributed by atoms with Crippen LogP contribution in [0.2, 0.25) is 0 Å². The molecule has 29 heavy (non-hydrogen) atoms. The van der Waals surface area contributed by atoms with Gasteiger partial charge in [0.15, 0.2) is 0 Å². The van der Waals surface area contributed by atoms with Crippen LogP contribution < -0.4 is 0 Å². The second kappa shape index (κ2) is 11.4. The fourth-order valence-corrected chi connectivity index (χ4v) is 2.84. The van der Waals surface area contributed by atoms with Crippen LogP contribution >= 0.6 is 7.81 Å². The van der Waals surface area contributed by atoms with Crippen molar-refractivity contribution >= 4 is 7.81 Å². The van der Waals surface area contributed by atoms with Crippen molar-refractivity contribution in [3.8, 4) is 0 Å². The molecule has 2 aliphatic rings. The molecule has 0 spiro atoms. The largest absolute Gasteiger partial charge is 3.00 e. The first-order valence-corrected chi connectivity index (χ1v) is 11.3. The Bertz CT molecular complexity index is 396. The minimum Gasteiger partial charge on any atom is 3.00 e. The third-order valence-corrected chi connectivity index (χ3v) is 4.80. The van der Waals surface area contributed by atoms with E-state index in [4.69, 9.17) is 0 Å². The Balaban J connectivity index is 0. The van der Waals surface area contributed by atoms with Crippen LogP contribution in [0.25, 0.3) is 0 Å². The molecule has 1 atom stereocenters. The number of rotatable bonds is 2. The van der Waals surface area contributed by atoms with E-state index in [0.717, 1.165) is 5.92 Å². The standard InChI is InChI=1S/C11H17.C10H15.Co.F6P/c1-3-6-11-8-5-4-7-10(2)9-11;1-6-7(2)9(4)10(5)8(6)3;;1-7(2,3,4,5)6/h4-5,8-10H,3,6-7H2,1-2H3;1-5H3;;/q;;+3;-1. The van der Waals surface area contributed by atoms with Crippen LogP contribution in [0.4, 0.5) is 25.2 Å². The second-order valence-electron chi connectivity index (χ2n) is 7.38. The molecule has 0 aromatic carbocycles. The van der Waals surface area contributed by atoms with Crippen LogP contribution in [0.5, 0.6) is 0 Å². The topological polar surface area (TPSA) is 0 Å². The second-order valence-corrected chi connectivity index (χ2v) is 9.30. The summed E-state index contributed by atoms with van der Waals surface area (Å²) in [7, 11) is -10.7. The normalized spacial score (nSPS) is 26.2. The Morgan fingerprint density at radius 1 is 0.828 bits per heavy atom. The molecule has 0 N–H and O–H groups in total. The average Bonchev–Trinajstić information content (AvgIpc) is 2.69. The van der Waals surface area contributed by atoms with E-state index in [1.54, 1.807) is 0 Å². The van der Waals surface area contributed by atoms with Gasteiger partial charge in [0.25, 0.3) is 0 Å². The van der Waals surface area contributed by atoms with Gasteiger partial charge < -0.3 is 0 Å². The summed E-state index contributed by atoms with van der Waals surface area (Å²) in [5, 5.41) is 0. The van der Waals surface area contributed by atoms with Gasteiger partial charge in [-0.25, -0.2) is 0 Å². The molecule has 0 aromatic heterocycles. The first-order valence-electron chi connectivity index (χ1n) is 9.30. The molecule has 2 rings (SSSR count). The summed E-state index contributed by atoms with van der Waals surface area (Å²) in [4.78, 5) is 0. The predicted molar refractivity (Wildman–Crippen MR) is 107 cm³/mol. The summed E-state index contributed by atoms with van der Waals surface area (Å²) >= 11 is 0. The zero-order chi connectivity index (χ0) is 22.4. The van der Waals surface area contributed by atoms with Crippen molar-refractivity contribution in [1.82, 2.24) is 0 Å². The summed E-state index contributed by atoms with van der Waals surface area (Å²) in [6, 6.07) is 0. The van der Waals surface area contributed by atoms with Gasteiger partial charge in [0.2, 0.25) is 0 Å². The summed E-state index contributed by atoms with van der Waals surface area (Å²) in [5.74, 6) is 9.57. The molecule has 0 aromatic rings. The minimum atomic E-state index is -10.7. The van der Waals surface area contributed by atoms with Gasteiger partial charge in [0, 0.05) is 0 Å². The van der Waals surface area contributed by atoms with Crippen molar-refractivity contribution in [2.45, 2.75) is 67.7 Å². The molecule has 8 heteroatoms. The third-order valence-electron chi connectivity index (χ3n) is 4.80. The SMILES string of the molecule is CCC[C]1[CH][CH][CH]CC(C)[CH]1.C[C]1[C](C)[C](C)[C](C)[C]1C.F[P-](F)(F)(F)(F)F.[Co+3]. The van der Waals surface area contributed by atoms with Gasteiger partial charge in [-0.3, -0.25) is 0 Å². The zero-order valence-corrected chi connectivity index (χ0v) is 20.0. The summed E-state index contributed by atoms with van der Waals surface area (Å²) in [6.07, 6.45) is 12.8. The quantitative estimate of drug-likeness (QED) is 0.206. The first-order chi connectivity index (χ1) is 12.3. The van der Waals surface area contributed by atoms with Gasteiger partial charge in [-0.1, -0.05) is 54.9 Å². The van der Waals surface area contributed by atoms with Gasteiger partial charge in [0.05, 0.1) is 0 Å². The van der Waals surface area contributed by atoms with Crippen LogP contribution in [0.3, 0.4) is 0 Å². The Morgan fingerprint density at radius 3 is 1.48 bits per heavy atom. The summed E-state index contributed by atoms with van der Waals surface area (Å²) in [5.41, 5.74) is 0. The van der Waals surface area contributed by atoms with E-state index >= 15 is 0 Å². The summed E-state index contributed by atoms with van der Waals surface area (Å²) in [6.45, 7) is 15.5. The average molecular weight is 488 g/mol. The zero-order valence-electron chi connectivity index (χ0n) is 18.1. The maximum Gasteiger partial charge on any atom is 3.00 e. The molecule has 10 radical (unpaired) electrons. The molecule has 2 fully saturated rings. The van der Waals surface area contributed by atoms with Crippen LogP contribution in [0.15, 0.2) is 0 Å². The van der Waals surface area contributed by atoms with E-state index in [-0.39, 0.29) is 16.8 Å². The molecular formula is C21H32CoF6P+2. The molecule has 0 saturated heterocycles. The van der Waals surface area contributed by atoms with Crippen molar-refractivity contribution < 1.29 is 42.0 Å². The van der Waals surface area contributed by atoms with Crippen molar-refractivity contribution in [2.75, 3.05) is 0 Å². The van der Waals surface area contributed by atoms with Gasteiger partial charge in [-0.15, -0.1) is 0 Å². The van der Waals surface area contributed by atoms with Gasteiger partial charge >= 0.3 is 49.8 Å². The molecular weight excluding hydrogens is 456 g/mol. The molecule has 0 amide bonds. The van der Waals surface area contributed by atoms with Crippen LogP contribution in [0, 0.1) is 67.1 Å². The molecule has 0 bridgehead atoms. The Hall–Kier alpha value is 0.516. The van der Waals surface area contributed by atoms with Crippen molar-refractivity contribution in [2.24, 2.45) is 5.92 Å². The Morgan fingerprint density at radius 2 is 1.17 bits per heavy atom. The monoisotopic (exact) mass is 488 g/mol. The van der Waals surface area contributed by atoms with E-state index in [1.165, 1.54) is 54.8 Å². The molecule has 0 heterocycles. The summed E-state index contributed by atoms with van der Waals surface area (Å²) < 4.78 is 59.2. The smallest absolute Gasteiger partial charge is 3.00 e. The van der Waals surface area contributed by atoms with E-state index in [0.29, 0.717) is 0 Å². The molecule has 0 aliphatic heterocycles. The first kappa shape index (κ1) is 31.7. The van der Waals surface area contributed by atoms with E-state index in [2.05, 4.69) is 74.1 Å². The van der Waals surface area contributed by atoms with Crippen molar-refractivity contribution in [3.05, 3.63) is 61.2 Å². The molecule has 170 valence electrons. The van der Waals surface area contributed by atoms with Crippen molar-refractivity contribution in [3.63, 3.8) is 0 Å². The number of hydrogen-bond donors (Lipinski definition) is 0. The Kier molecular flexibility index (Phi) is 12.5. The third kappa shape index (κ3) is 16.8. The maximum atomic E-state index is 9.87. The Labute approximate surface area is 184 Å². The number of hydrogen-bond acceptors (Lipinski definition) is 0. The minimum absolute atomic E-state index is 0. The number of halogens is 6. The fraction of sp³-hybridized carbons (Fsp3) is 0.524. The molecule has 2 saturated carbocycles. The van der Waals surface area contributed by atoms with E-state index in [1.807, 2.05) is 0 Å². The predicted octanol–water partition coefficient (Wildman–Crippen LogP) is 9.57.